The van der Waals surface area contributed by atoms with E-state index in [4.69, 9.17) is 16.3 Å². The number of nitrogens with one attached hydrogen (secondary N) is 2. The summed E-state index contributed by atoms with van der Waals surface area (Å²) in [4.78, 5) is 20.9. The Morgan fingerprint density at radius 3 is 2.94 bits per heavy atom. The normalized spacial score (nSPS) is 15.0. The molecule has 0 unspecified atom stereocenters. The lowest BCUT2D eigenvalue weighted by molar-refractivity contribution is -0.119. The number of thiophene rings is 1. The first kappa shape index (κ1) is 22.1. The van der Waals surface area contributed by atoms with E-state index in [9.17, 15) is 9.18 Å². The van der Waals surface area contributed by atoms with E-state index in [0.717, 1.165) is 27.2 Å². The summed E-state index contributed by atoms with van der Waals surface area (Å²) in [5, 5.41) is 6.54. The number of hydrogen-bond acceptors (Lipinski definition) is 6. The summed E-state index contributed by atoms with van der Waals surface area (Å²) in [6.07, 6.45) is 2.73. The van der Waals surface area contributed by atoms with Crippen LogP contribution in [0.1, 0.15) is 23.3 Å². The minimum atomic E-state index is -0.309. The Labute approximate surface area is 204 Å². The third-order valence-corrected chi connectivity index (χ3v) is 6.50. The molecule has 5 rings (SSSR count). The molecule has 1 amide bonds. The van der Waals surface area contributed by atoms with Gasteiger partial charge in [-0.15, -0.1) is 11.3 Å². The number of carbonyl (C=O) groups is 1. The minimum Gasteiger partial charge on any atom is -0.487 e. The standard InChI is InChI=1S/C25H18ClFN4O2S/c26-20-11-18(5-8-22(20)33-13-15-2-1-3-16(27)10-15)31-25-24-21(28-14-29-25)12-19(34-24)7-4-17-6-9-23(32)30-17/h1-3,5,8,10-12,14,17H,6,9,13H2,(H,30,32)(H,28,29,31)/t17-/m1/s1. The van der Waals surface area contributed by atoms with Gasteiger partial charge in [-0.3, -0.25) is 4.79 Å². The van der Waals surface area contributed by atoms with E-state index in [1.54, 1.807) is 24.3 Å². The highest BCUT2D eigenvalue weighted by Crippen LogP contribution is 2.33. The molecule has 34 heavy (non-hydrogen) atoms. The summed E-state index contributed by atoms with van der Waals surface area (Å²) in [5.41, 5.74) is 2.23. The van der Waals surface area contributed by atoms with Crippen molar-refractivity contribution in [2.45, 2.75) is 25.5 Å². The monoisotopic (exact) mass is 492 g/mol. The molecular formula is C25H18ClFN4O2S. The second-order valence-corrected chi connectivity index (χ2v) is 9.12. The van der Waals surface area contributed by atoms with Crippen LogP contribution in [-0.2, 0) is 11.4 Å². The average Bonchev–Trinajstić information content (AvgIpc) is 3.43. The molecule has 2 aromatic heterocycles. The number of aromatic nitrogens is 2. The molecule has 2 N–H and O–H groups in total. The highest BCUT2D eigenvalue weighted by Gasteiger charge is 2.18. The van der Waals surface area contributed by atoms with Crippen molar-refractivity contribution in [1.29, 1.82) is 0 Å². The van der Waals surface area contributed by atoms with Crippen LogP contribution in [0.4, 0.5) is 15.9 Å². The SMILES string of the molecule is O=C1CC[C@@H](C#Cc2cc3ncnc(Nc4ccc(OCc5cccc(F)c5)c(Cl)c4)c3s2)N1. The van der Waals surface area contributed by atoms with Crippen molar-refractivity contribution in [2.75, 3.05) is 5.32 Å². The Kier molecular flexibility index (Phi) is 6.30. The highest BCUT2D eigenvalue weighted by molar-refractivity contribution is 7.20. The molecule has 1 aliphatic heterocycles. The van der Waals surface area contributed by atoms with Crippen LogP contribution in [0.5, 0.6) is 5.75 Å². The van der Waals surface area contributed by atoms with E-state index < -0.39 is 0 Å². The molecule has 0 saturated carbocycles. The summed E-state index contributed by atoms with van der Waals surface area (Å²) in [6.45, 7) is 0.209. The third-order valence-electron chi connectivity index (χ3n) is 5.15. The second kappa shape index (κ2) is 9.67. The molecule has 170 valence electrons. The van der Waals surface area contributed by atoms with E-state index in [-0.39, 0.29) is 24.4 Å². The summed E-state index contributed by atoms with van der Waals surface area (Å²) in [7, 11) is 0. The van der Waals surface area contributed by atoms with Crippen molar-refractivity contribution in [3.8, 4) is 17.6 Å². The number of fused-ring (bicyclic) bond motifs is 1. The van der Waals surface area contributed by atoms with Gasteiger partial charge in [-0.05, 0) is 48.4 Å². The Morgan fingerprint density at radius 1 is 1.24 bits per heavy atom. The van der Waals surface area contributed by atoms with Gasteiger partial charge in [0.2, 0.25) is 5.91 Å². The van der Waals surface area contributed by atoms with Gasteiger partial charge < -0.3 is 15.4 Å². The lowest BCUT2D eigenvalue weighted by Crippen LogP contribution is -2.23. The van der Waals surface area contributed by atoms with E-state index in [1.165, 1.54) is 29.8 Å². The molecule has 1 aliphatic rings. The maximum atomic E-state index is 13.4. The van der Waals surface area contributed by atoms with Gasteiger partial charge in [0.25, 0.3) is 0 Å². The average molecular weight is 493 g/mol. The zero-order valence-electron chi connectivity index (χ0n) is 17.8. The van der Waals surface area contributed by atoms with Crippen LogP contribution >= 0.6 is 22.9 Å². The number of amides is 1. The highest BCUT2D eigenvalue weighted by atomic mass is 35.5. The molecule has 9 heteroatoms. The van der Waals surface area contributed by atoms with Gasteiger partial charge in [-0.25, -0.2) is 14.4 Å². The van der Waals surface area contributed by atoms with Crippen LogP contribution in [0.25, 0.3) is 10.2 Å². The van der Waals surface area contributed by atoms with E-state index in [0.29, 0.717) is 28.6 Å². The van der Waals surface area contributed by atoms with Crippen LogP contribution in [-0.4, -0.2) is 21.9 Å². The molecule has 3 heterocycles. The quantitative estimate of drug-likeness (QED) is 0.363. The van der Waals surface area contributed by atoms with Crippen molar-refractivity contribution in [3.63, 3.8) is 0 Å². The molecule has 1 fully saturated rings. The van der Waals surface area contributed by atoms with Gasteiger partial charge in [0, 0.05) is 12.1 Å². The number of anilines is 2. The fraction of sp³-hybridized carbons (Fsp3) is 0.160. The predicted octanol–water partition coefficient (Wildman–Crippen LogP) is 5.44. The Balaban J connectivity index is 1.30. The number of rotatable bonds is 5. The molecular weight excluding hydrogens is 475 g/mol. The first-order valence-electron chi connectivity index (χ1n) is 10.5. The Hall–Kier alpha value is -3.67. The van der Waals surface area contributed by atoms with Crippen LogP contribution in [0.3, 0.4) is 0 Å². The maximum Gasteiger partial charge on any atom is 0.221 e. The Bertz CT molecular complexity index is 1450. The summed E-state index contributed by atoms with van der Waals surface area (Å²) in [5.74, 6) is 7.11. The maximum absolute atomic E-state index is 13.4. The number of carbonyl (C=O) groups excluding carboxylic acids is 1. The van der Waals surface area contributed by atoms with E-state index in [2.05, 4.69) is 32.4 Å². The molecule has 0 aliphatic carbocycles. The topological polar surface area (TPSA) is 76.1 Å². The number of halogens is 2. The molecule has 2 aromatic carbocycles. The van der Waals surface area contributed by atoms with Gasteiger partial charge in [-0.1, -0.05) is 35.6 Å². The number of hydrogen-bond donors (Lipinski definition) is 2. The number of nitrogens with zero attached hydrogens (tertiary/aromatic N) is 2. The molecule has 0 radical (unpaired) electrons. The van der Waals surface area contributed by atoms with Crippen molar-refractivity contribution >= 4 is 50.6 Å². The Morgan fingerprint density at radius 2 is 2.15 bits per heavy atom. The second-order valence-electron chi connectivity index (χ2n) is 7.66. The zero-order chi connectivity index (χ0) is 23.5. The van der Waals surface area contributed by atoms with Gasteiger partial charge in [0.05, 0.1) is 26.2 Å². The molecule has 4 aromatic rings. The van der Waals surface area contributed by atoms with E-state index >= 15 is 0 Å². The molecule has 0 bridgehead atoms. The molecule has 0 spiro atoms. The summed E-state index contributed by atoms with van der Waals surface area (Å²) < 4.78 is 20.0. The molecule has 1 atom stereocenters. The van der Waals surface area contributed by atoms with Crippen LogP contribution in [0, 0.1) is 17.7 Å². The van der Waals surface area contributed by atoms with Gasteiger partial charge >= 0.3 is 0 Å². The molecule has 6 nitrogen and oxygen atoms in total. The van der Waals surface area contributed by atoms with Gasteiger partial charge in [0.1, 0.15) is 24.5 Å². The van der Waals surface area contributed by atoms with Crippen molar-refractivity contribution < 1.29 is 13.9 Å². The number of benzene rings is 2. The zero-order valence-corrected chi connectivity index (χ0v) is 19.3. The first-order valence-corrected chi connectivity index (χ1v) is 11.7. The van der Waals surface area contributed by atoms with Gasteiger partial charge in [-0.2, -0.15) is 0 Å². The van der Waals surface area contributed by atoms with Crippen molar-refractivity contribution in [1.82, 2.24) is 15.3 Å². The summed E-state index contributed by atoms with van der Waals surface area (Å²) in [6, 6.07) is 13.4. The largest absolute Gasteiger partial charge is 0.487 e. The van der Waals surface area contributed by atoms with E-state index in [1.807, 2.05) is 12.1 Å². The summed E-state index contributed by atoms with van der Waals surface area (Å²) >= 11 is 7.89. The van der Waals surface area contributed by atoms with Crippen molar-refractivity contribution in [3.05, 3.63) is 76.1 Å². The lowest BCUT2D eigenvalue weighted by Gasteiger charge is -2.11. The minimum absolute atomic E-state index is 0.0389. The first-order chi connectivity index (χ1) is 16.5. The predicted molar refractivity (Wildman–Crippen MR) is 131 cm³/mol. The fourth-order valence-electron chi connectivity index (χ4n) is 3.51. The smallest absolute Gasteiger partial charge is 0.221 e. The van der Waals surface area contributed by atoms with Crippen molar-refractivity contribution in [2.24, 2.45) is 0 Å². The van der Waals surface area contributed by atoms with Gasteiger partial charge in [0.15, 0.2) is 5.82 Å². The van der Waals surface area contributed by atoms with Crippen LogP contribution in [0.15, 0.2) is 54.9 Å². The lowest BCUT2D eigenvalue weighted by atomic mass is 10.2. The third kappa shape index (κ3) is 5.11. The van der Waals surface area contributed by atoms with Crippen LogP contribution < -0.4 is 15.4 Å². The number of ether oxygens (including phenoxy) is 1. The molecule has 1 saturated heterocycles. The fourth-order valence-corrected chi connectivity index (χ4v) is 4.66. The van der Waals surface area contributed by atoms with Crippen LogP contribution in [0.2, 0.25) is 5.02 Å².